The normalized spacial score (nSPS) is 11.9. The first-order valence-electron chi connectivity index (χ1n) is 5.43. The summed E-state index contributed by atoms with van der Waals surface area (Å²) in [6.45, 7) is 4.94. The zero-order chi connectivity index (χ0) is 12.0. The molecule has 0 saturated carbocycles. The summed E-state index contributed by atoms with van der Waals surface area (Å²) in [5, 5.41) is 6.88. The van der Waals surface area contributed by atoms with Gasteiger partial charge in [0.25, 0.3) is 0 Å². The van der Waals surface area contributed by atoms with Gasteiger partial charge in [0.05, 0.1) is 6.04 Å². The van der Waals surface area contributed by atoms with E-state index in [4.69, 9.17) is 12.2 Å². The number of hydrogen-bond donors (Lipinski definition) is 2. The first-order chi connectivity index (χ1) is 7.63. The first kappa shape index (κ1) is 12.9. The molecule has 1 rings (SSSR count). The molecule has 0 aromatic heterocycles. The van der Waals surface area contributed by atoms with Crippen molar-refractivity contribution in [1.29, 1.82) is 0 Å². The fourth-order valence-electron chi connectivity index (χ4n) is 1.32. The van der Waals surface area contributed by atoms with E-state index < -0.39 is 0 Å². The first-order valence-corrected chi connectivity index (χ1v) is 5.84. The molecule has 4 heteroatoms. The topological polar surface area (TPSA) is 24.1 Å². The Morgan fingerprint density at radius 2 is 2.00 bits per heavy atom. The summed E-state index contributed by atoms with van der Waals surface area (Å²) in [6.07, 6.45) is 1.03. The van der Waals surface area contributed by atoms with E-state index in [1.165, 1.54) is 12.1 Å². The van der Waals surface area contributed by atoms with Gasteiger partial charge in [-0.1, -0.05) is 19.1 Å². The number of thiocarbonyl (C=S) groups is 1. The molecule has 0 radical (unpaired) electrons. The Morgan fingerprint density at radius 3 is 2.56 bits per heavy atom. The maximum absolute atomic E-state index is 12.7. The highest BCUT2D eigenvalue weighted by Crippen LogP contribution is 2.12. The van der Waals surface area contributed by atoms with Crippen molar-refractivity contribution in [3.63, 3.8) is 0 Å². The third-order valence-corrected chi connectivity index (χ3v) is 2.52. The van der Waals surface area contributed by atoms with Crippen molar-refractivity contribution in [1.82, 2.24) is 10.6 Å². The van der Waals surface area contributed by atoms with Crippen molar-refractivity contribution in [3.05, 3.63) is 35.6 Å². The van der Waals surface area contributed by atoms with Gasteiger partial charge in [-0.3, -0.25) is 0 Å². The van der Waals surface area contributed by atoms with Gasteiger partial charge in [-0.25, -0.2) is 4.39 Å². The predicted octanol–water partition coefficient (Wildman–Crippen LogP) is 2.76. The van der Waals surface area contributed by atoms with Gasteiger partial charge in [0.2, 0.25) is 0 Å². The molecule has 0 bridgehead atoms. The molecule has 0 spiro atoms. The maximum atomic E-state index is 12.7. The lowest BCUT2D eigenvalue weighted by Crippen LogP contribution is -2.37. The second-order valence-electron chi connectivity index (χ2n) is 3.67. The van der Waals surface area contributed by atoms with E-state index in [9.17, 15) is 4.39 Å². The van der Waals surface area contributed by atoms with Gasteiger partial charge in [0, 0.05) is 6.54 Å². The molecule has 1 unspecified atom stereocenters. The van der Waals surface area contributed by atoms with Crippen molar-refractivity contribution >= 4 is 17.3 Å². The van der Waals surface area contributed by atoms with Crippen molar-refractivity contribution in [3.8, 4) is 0 Å². The van der Waals surface area contributed by atoms with E-state index in [2.05, 4.69) is 17.6 Å². The van der Waals surface area contributed by atoms with Crippen LogP contribution in [0.15, 0.2) is 24.3 Å². The second-order valence-corrected chi connectivity index (χ2v) is 4.08. The van der Waals surface area contributed by atoms with Gasteiger partial charge in [-0.05, 0) is 43.3 Å². The van der Waals surface area contributed by atoms with Gasteiger partial charge in [0.1, 0.15) is 5.82 Å². The van der Waals surface area contributed by atoms with Gasteiger partial charge >= 0.3 is 0 Å². The van der Waals surface area contributed by atoms with Gasteiger partial charge in [-0.2, -0.15) is 0 Å². The molecule has 2 nitrogen and oxygen atoms in total. The highest BCUT2D eigenvalue weighted by atomic mass is 32.1. The van der Waals surface area contributed by atoms with E-state index in [1.54, 1.807) is 12.1 Å². The second kappa shape index (κ2) is 6.43. The van der Waals surface area contributed by atoms with Crippen molar-refractivity contribution in [2.75, 3.05) is 6.54 Å². The molecule has 0 heterocycles. The van der Waals surface area contributed by atoms with Gasteiger partial charge in [-0.15, -0.1) is 0 Å². The molecule has 0 aliphatic heterocycles. The van der Waals surface area contributed by atoms with Crippen LogP contribution in [0.5, 0.6) is 0 Å². The lowest BCUT2D eigenvalue weighted by atomic mass is 10.1. The molecule has 88 valence electrons. The molecule has 0 saturated heterocycles. The largest absolute Gasteiger partial charge is 0.363 e. The molecule has 0 fully saturated rings. The van der Waals surface area contributed by atoms with Crippen LogP contribution in [0.1, 0.15) is 31.9 Å². The van der Waals surface area contributed by atoms with Crippen LogP contribution >= 0.6 is 12.2 Å². The zero-order valence-electron chi connectivity index (χ0n) is 9.59. The Labute approximate surface area is 101 Å². The van der Waals surface area contributed by atoms with Crippen molar-refractivity contribution in [2.24, 2.45) is 0 Å². The molecule has 0 amide bonds. The highest BCUT2D eigenvalue weighted by Gasteiger charge is 2.06. The summed E-state index contributed by atoms with van der Waals surface area (Å²) < 4.78 is 12.7. The monoisotopic (exact) mass is 240 g/mol. The van der Waals surface area contributed by atoms with E-state index in [0.29, 0.717) is 5.11 Å². The molecular weight excluding hydrogens is 223 g/mol. The van der Waals surface area contributed by atoms with Crippen LogP contribution in [0.2, 0.25) is 0 Å². The molecule has 0 aliphatic carbocycles. The molecule has 0 aliphatic rings. The summed E-state index contributed by atoms with van der Waals surface area (Å²) in [5.74, 6) is -0.220. The Morgan fingerprint density at radius 1 is 1.38 bits per heavy atom. The molecular formula is C12H17FN2S. The van der Waals surface area contributed by atoms with Crippen LogP contribution < -0.4 is 10.6 Å². The van der Waals surface area contributed by atoms with Crippen LogP contribution in [-0.2, 0) is 0 Å². The van der Waals surface area contributed by atoms with E-state index >= 15 is 0 Å². The molecule has 1 aromatic carbocycles. The Hall–Kier alpha value is -1.16. The third kappa shape index (κ3) is 4.14. The summed E-state index contributed by atoms with van der Waals surface area (Å²) in [7, 11) is 0. The summed E-state index contributed by atoms with van der Waals surface area (Å²) in [6, 6.07) is 6.51. The fraction of sp³-hybridized carbons (Fsp3) is 0.417. The number of benzene rings is 1. The third-order valence-electron chi connectivity index (χ3n) is 2.25. The summed E-state index contributed by atoms with van der Waals surface area (Å²) in [4.78, 5) is 0. The van der Waals surface area contributed by atoms with Crippen LogP contribution in [0.25, 0.3) is 0 Å². The quantitative estimate of drug-likeness (QED) is 0.791. The zero-order valence-corrected chi connectivity index (χ0v) is 10.4. The highest BCUT2D eigenvalue weighted by molar-refractivity contribution is 7.80. The lowest BCUT2D eigenvalue weighted by molar-refractivity contribution is 0.623. The Bertz CT molecular complexity index is 337. The molecule has 16 heavy (non-hydrogen) atoms. The molecule has 1 aromatic rings. The molecule has 1 atom stereocenters. The Balaban J connectivity index is 2.48. The predicted molar refractivity (Wildman–Crippen MR) is 68.8 cm³/mol. The summed E-state index contributed by atoms with van der Waals surface area (Å²) in [5.41, 5.74) is 1.02. The van der Waals surface area contributed by atoms with E-state index in [-0.39, 0.29) is 11.9 Å². The van der Waals surface area contributed by atoms with Crippen LogP contribution in [0, 0.1) is 5.82 Å². The average Bonchev–Trinajstić information content (AvgIpc) is 2.27. The van der Waals surface area contributed by atoms with Crippen molar-refractivity contribution in [2.45, 2.75) is 26.3 Å². The molecule has 2 N–H and O–H groups in total. The van der Waals surface area contributed by atoms with E-state index in [0.717, 1.165) is 18.5 Å². The van der Waals surface area contributed by atoms with Gasteiger partial charge in [0.15, 0.2) is 5.11 Å². The van der Waals surface area contributed by atoms with Crippen LogP contribution in [0.4, 0.5) is 4.39 Å². The fourth-order valence-corrected chi connectivity index (χ4v) is 1.60. The lowest BCUT2D eigenvalue weighted by Gasteiger charge is -2.17. The standard InChI is InChI=1S/C12H17FN2S/c1-3-8-14-12(16)15-9(2)10-4-6-11(13)7-5-10/h4-7,9H,3,8H2,1-2H3,(H2,14,15,16). The van der Waals surface area contributed by atoms with Crippen molar-refractivity contribution < 1.29 is 4.39 Å². The average molecular weight is 240 g/mol. The minimum atomic E-state index is -0.220. The van der Waals surface area contributed by atoms with Crippen LogP contribution in [-0.4, -0.2) is 11.7 Å². The number of hydrogen-bond acceptors (Lipinski definition) is 1. The number of rotatable bonds is 4. The Kier molecular flexibility index (Phi) is 5.19. The smallest absolute Gasteiger partial charge is 0.166 e. The van der Waals surface area contributed by atoms with E-state index in [1.807, 2.05) is 6.92 Å². The summed E-state index contributed by atoms with van der Waals surface area (Å²) >= 11 is 5.13. The maximum Gasteiger partial charge on any atom is 0.166 e. The van der Waals surface area contributed by atoms with Gasteiger partial charge < -0.3 is 10.6 Å². The minimum Gasteiger partial charge on any atom is -0.363 e. The van der Waals surface area contributed by atoms with Crippen LogP contribution in [0.3, 0.4) is 0 Å². The SMILES string of the molecule is CCCNC(=S)NC(C)c1ccc(F)cc1. The number of nitrogens with one attached hydrogen (secondary N) is 2. The minimum absolute atomic E-state index is 0.0810. The number of halogens is 1.